The predicted molar refractivity (Wildman–Crippen MR) is 98.4 cm³/mol. The third kappa shape index (κ3) is 9.22. The van der Waals surface area contributed by atoms with Gasteiger partial charge in [0.2, 0.25) is 6.41 Å². The Morgan fingerprint density at radius 1 is 1.24 bits per heavy atom. The zero-order valence-electron chi connectivity index (χ0n) is 14.6. The molecule has 25 heavy (non-hydrogen) atoms. The molecule has 2 N–H and O–H groups in total. The summed E-state index contributed by atoms with van der Waals surface area (Å²) < 4.78 is 4.47. The van der Waals surface area contributed by atoms with Crippen LogP contribution in [0, 0.1) is 0 Å². The fourth-order valence-electron chi connectivity index (χ4n) is 2.02. The van der Waals surface area contributed by atoms with Gasteiger partial charge in [0.15, 0.2) is 0 Å². The van der Waals surface area contributed by atoms with Crippen LogP contribution in [0.3, 0.4) is 0 Å². The molecule has 1 fully saturated rings. The molecule has 0 saturated carbocycles. The molecule has 1 unspecified atom stereocenters. The van der Waals surface area contributed by atoms with Gasteiger partial charge in [0.25, 0.3) is 0 Å². The van der Waals surface area contributed by atoms with Crippen LogP contribution in [0.1, 0.15) is 30.1 Å². The van der Waals surface area contributed by atoms with E-state index >= 15 is 0 Å². The molecule has 1 aromatic heterocycles. The second-order valence-corrected chi connectivity index (χ2v) is 5.34. The van der Waals surface area contributed by atoms with Crippen LogP contribution in [0.15, 0.2) is 54.7 Å². The molecular formula is C19H25N3O3. The van der Waals surface area contributed by atoms with Crippen LogP contribution < -0.4 is 10.6 Å². The van der Waals surface area contributed by atoms with E-state index in [0.717, 1.165) is 6.04 Å². The van der Waals surface area contributed by atoms with Crippen LogP contribution in [0.4, 0.5) is 5.82 Å². The standard InChI is InChI=1S/C8H8N2O3.C6H6.C5H11N/c1-13-8(12)6-2-3-7(9-4-6)10-5-11;1-2-4-6-5-3-1;1-5-3-2-4-6-5/h2-5H,1H3,(H,9,10,11);1-6H;5-6H,2-4H2,1H3. The average molecular weight is 343 g/mol. The number of ether oxygens (including phenoxy) is 1. The van der Waals surface area contributed by atoms with Gasteiger partial charge in [0.05, 0.1) is 12.7 Å². The number of esters is 1. The molecule has 6 nitrogen and oxygen atoms in total. The normalized spacial score (nSPS) is 14.9. The van der Waals surface area contributed by atoms with E-state index in [4.69, 9.17) is 0 Å². The number of carbonyl (C=O) groups excluding carboxylic acids is 2. The number of amides is 1. The summed E-state index contributed by atoms with van der Waals surface area (Å²) in [5.41, 5.74) is 0.346. The first-order chi connectivity index (χ1) is 12.2. The smallest absolute Gasteiger partial charge is 0.339 e. The second kappa shape index (κ2) is 12.7. The molecule has 0 spiro atoms. The summed E-state index contributed by atoms with van der Waals surface area (Å²) in [6.45, 7) is 3.47. The van der Waals surface area contributed by atoms with Crippen molar-refractivity contribution in [3.05, 3.63) is 60.3 Å². The quantitative estimate of drug-likeness (QED) is 0.662. The Bertz CT molecular complexity index is 570. The number of rotatable bonds is 3. The Morgan fingerprint density at radius 2 is 1.88 bits per heavy atom. The lowest BCUT2D eigenvalue weighted by atomic mass is 10.3. The third-order valence-electron chi connectivity index (χ3n) is 3.36. The lowest BCUT2D eigenvalue weighted by Crippen LogP contribution is -2.16. The molecule has 1 aliphatic heterocycles. The number of aromatic nitrogens is 1. The van der Waals surface area contributed by atoms with Gasteiger partial charge in [-0.2, -0.15) is 0 Å². The first-order valence-electron chi connectivity index (χ1n) is 8.15. The number of hydrogen-bond donors (Lipinski definition) is 2. The largest absolute Gasteiger partial charge is 0.465 e. The zero-order chi connectivity index (χ0) is 18.3. The van der Waals surface area contributed by atoms with Gasteiger partial charge in [0, 0.05) is 12.2 Å². The Balaban J connectivity index is 0.000000214. The molecule has 0 bridgehead atoms. The topological polar surface area (TPSA) is 80.3 Å². The Morgan fingerprint density at radius 3 is 2.20 bits per heavy atom. The number of benzene rings is 1. The van der Waals surface area contributed by atoms with Crippen molar-refractivity contribution in [3.8, 4) is 0 Å². The molecule has 1 aromatic carbocycles. The first kappa shape index (κ1) is 20.3. The molecular weight excluding hydrogens is 318 g/mol. The van der Waals surface area contributed by atoms with E-state index in [-0.39, 0.29) is 0 Å². The fraction of sp³-hybridized carbons (Fsp3) is 0.316. The number of pyridine rings is 1. The second-order valence-electron chi connectivity index (χ2n) is 5.34. The lowest BCUT2D eigenvalue weighted by Gasteiger charge is -1.99. The molecule has 0 aliphatic carbocycles. The molecule has 1 atom stereocenters. The van der Waals surface area contributed by atoms with Gasteiger partial charge in [-0.25, -0.2) is 9.78 Å². The molecule has 1 amide bonds. The highest BCUT2D eigenvalue weighted by Crippen LogP contribution is 2.04. The molecule has 0 radical (unpaired) electrons. The van der Waals surface area contributed by atoms with Crippen molar-refractivity contribution in [3.63, 3.8) is 0 Å². The molecule has 134 valence electrons. The SMILES string of the molecule is CC1CCCN1.COC(=O)c1ccc(NC=O)nc1.c1ccccc1. The van der Waals surface area contributed by atoms with Crippen LogP contribution in [0.5, 0.6) is 0 Å². The fourth-order valence-corrected chi connectivity index (χ4v) is 2.02. The maximum absolute atomic E-state index is 10.9. The maximum Gasteiger partial charge on any atom is 0.339 e. The van der Waals surface area contributed by atoms with Crippen molar-refractivity contribution in [1.29, 1.82) is 0 Å². The minimum atomic E-state index is -0.454. The Hall–Kier alpha value is -2.73. The number of nitrogens with zero attached hydrogens (tertiary/aromatic N) is 1. The van der Waals surface area contributed by atoms with E-state index in [9.17, 15) is 9.59 Å². The summed E-state index contributed by atoms with van der Waals surface area (Å²) in [5.74, 6) is -0.0622. The highest BCUT2D eigenvalue weighted by Gasteiger charge is 2.05. The van der Waals surface area contributed by atoms with Crippen molar-refractivity contribution in [2.75, 3.05) is 19.0 Å². The van der Waals surface area contributed by atoms with E-state index in [2.05, 4.69) is 27.3 Å². The van der Waals surface area contributed by atoms with Crippen LogP contribution >= 0.6 is 0 Å². The predicted octanol–water partition coefficient (Wildman–Crippen LogP) is 2.88. The molecule has 2 aromatic rings. The number of hydrogen-bond acceptors (Lipinski definition) is 5. The van der Waals surface area contributed by atoms with Crippen molar-refractivity contribution >= 4 is 18.2 Å². The molecule has 6 heteroatoms. The van der Waals surface area contributed by atoms with Crippen LogP contribution in [0.2, 0.25) is 0 Å². The van der Waals surface area contributed by atoms with Gasteiger partial charge in [-0.3, -0.25) is 4.79 Å². The number of anilines is 1. The average Bonchev–Trinajstić information content (AvgIpc) is 3.15. The highest BCUT2D eigenvalue weighted by molar-refractivity contribution is 5.89. The summed E-state index contributed by atoms with van der Waals surface area (Å²) in [6.07, 6.45) is 4.60. The minimum absolute atomic E-state index is 0.346. The van der Waals surface area contributed by atoms with Crippen molar-refractivity contribution in [2.45, 2.75) is 25.8 Å². The van der Waals surface area contributed by atoms with Gasteiger partial charge in [-0.1, -0.05) is 36.4 Å². The number of carbonyl (C=O) groups is 2. The zero-order valence-corrected chi connectivity index (χ0v) is 14.6. The summed E-state index contributed by atoms with van der Waals surface area (Å²) in [7, 11) is 1.29. The summed E-state index contributed by atoms with van der Waals surface area (Å²) >= 11 is 0. The lowest BCUT2D eigenvalue weighted by molar-refractivity contribution is -0.105. The van der Waals surface area contributed by atoms with Gasteiger partial charge >= 0.3 is 5.97 Å². The third-order valence-corrected chi connectivity index (χ3v) is 3.36. The van der Waals surface area contributed by atoms with E-state index in [1.807, 2.05) is 36.4 Å². The summed E-state index contributed by atoms with van der Waals surface area (Å²) in [6, 6.07) is 15.8. The van der Waals surface area contributed by atoms with Crippen LogP contribution in [-0.4, -0.2) is 37.1 Å². The van der Waals surface area contributed by atoms with Crippen LogP contribution in [0.25, 0.3) is 0 Å². The van der Waals surface area contributed by atoms with Crippen molar-refractivity contribution < 1.29 is 14.3 Å². The van der Waals surface area contributed by atoms with Gasteiger partial charge in [0.1, 0.15) is 5.82 Å². The van der Waals surface area contributed by atoms with Crippen molar-refractivity contribution in [2.24, 2.45) is 0 Å². The van der Waals surface area contributed by atoms with E-state index in [1.54, 1.807) is 0 Å². The van der Waals surface area contributed by atoms with Crippen LogP contribution in [-0.2, 0) is 9.53 Å². The summed E-state index contributed by atoms with van der Waals surface area (Å²) in [4.78, 5) is 24.7. The van der Waals surface area contributed by atoms with Gasteiger partial charge in [-0.05, 0) is 38.4 Å². The monoisotopic (exact) mass is 343 g/mol. The number of nitrogens with one attached hydrogen (secondary N) is 2. The Kier molecular flexibility index (Phi) is 10.3. The molecule has 2 heterocycles. The minimum Gasteiger partial charge on any atom is -0.465 e. The maximum atomic E-state index is 10.9. The van der Waals surface area contributed by atoms with E-state index < -0.39 is 5.97 Å². The van der Waals surface area contributed by atoms with E-state index in [1.165, 1.54) is 44.8 Å². The van der Waals surface area contributed by atoms with Gasteiger partial charge < -0.3 is 15.4 Å². The Labute approximate surface area is 148 Å². The summed E-state index contributed by atoms with van der Waals surface area (Å²) in [5, 5.41) is 5.67. The first-order valence-corrected chi connectivity index (χ1v) is 8.15. The molecule has 3 rings (SSSR count). The van der Waals surface area contributed by atoms with Gasteiger partial charge in [-0.15, -0.1) is 0 Å². The molecule has 1 aliphatic rings. The van der Waals surface area contributed by atoms with Crippen molar-refractivity contribution in [1.82, 2.24) is 10.3 Å². The van der Waals surface area contributed by atoms with E-state index in [0.29, 0.717) is 17.8 Å². The number of methoxy groups -OCH3 is 1. The highest BCUT2D eigenvalue weighted by atomic mass is 16.5. The molecule has 1 saturated heterocycles.